The highest BCUT2D eigenvalue weighted by atomic mass is 19.1. The summed E-state index contributed by atoms with van der Waals surface area (Å²) in [4.78, 5) is 13.2. The van der Waals surface area contributed by atoms with Crippen molar-refractivity contribution >= 4 is 5.91 Å². The van der Waals surface area contributed by atoms with Gasteiger partial charge in [0.05, 0.1) is 17.0 Å². The molecular weight excluding hydrogens is 291 g/mol. The Balaban J connectivity index is 1.86. The van der Waals surface area contributed by atoms with Gasteiger partial charge < -0.3 is 0 Å². The number of aromatic nitrogens is 2. The van der Waals surface area contributed by atoms with Gasteiger partial charge in [0.1, 0.15) is 5.82 Å². The summed E-state index contributed by atoms with van der Waals surface area (Å²) in [7, 11) is 0. The standard InChI is InChI=1S/C19H21FN2O/c1-11-16(20)10-9-15(13-7-8-13)18(11)19(23)22-17-6-4-3-5-14(17)12(2)21-22/h9-10,13H,3-8H2,1-2H3. The molecule has 4 rings (SSSR count). The number of hydrogen-bond acceptors (Lipinski definition) is 2. The fraction of sp³-hybridized carbons (Fsp3) is 0.474. The van der Waals surface area contributed by atoms with Gasteiger partial charge in [0, 0.05) is 0 Å². The van der Waals surface area contributed by atoms with Gasteiger partial charge in [-0.25, -0.2) is 9.07 Å². The van der Waals surface area contributed by atoms with E-state index in [4.69, 9.17) is 0 Å². The number of carbonyl (C=O) groups excluding carboxylic acids is 1. The maximum Gasteiger partial charge on any atom is 0.279 e. The third kappa shape index (κ3) is 2.32. The molecular formula is C19H21FN2O. The number of fused-ring (bicyclic) bond motifs is 1. The number of rotatable bonds is 2. The summed E-state index contributed by atoms with van der Waals surface area (Å²) < 4.78 is 15.6. The molecule has 0 aliphatic heterocycles. The van der Waals surface area contributed by atoms with Crippen LogP contribution in [0, 0.1) is 19.7 Å². The van der Waals surface area contributed by atoms with E-state index in [2.05, 4.69) is 5.10 Å². The predicted molar refractivity (Wildman–Crippen MR) is 86.4 cm³/mol. The molecule has 1 heterocycles. The van der Waals surface area contributed by atoms with Crippen molar-refractivity contribution in [3.63, 3.8) is 0 Å². The van der Waals surface area contributed by atoms with Crippen LogP contribution in [-0.2, 0) is 12.8 Å². The molecule has 0 radical (unpaired) electrons. The molecule has 4 heteroatoms. The van der Waals surface area contributed by atoms with Crippen molar-refractivity contribution in [1.82, 2.24) is 9.78 Å². The average Bonchev–Trinajstić information content (AvgIpc) is 3.34. The molecule has 120 valence electrons. The molecule has 1 fully saturated rings. The third-order valence-corrected chi connectivity index (χ3v) is 5.24. The molecule has 0 N–H and O–H groups in total. The van der Waals surface area contributed by atoms with E-state index < -0.39 is 0 Å². The molecule has 2 aliphatic carbocycles. The largest absolute Gasteiger partial charge is 0.279 e. The van der Waals surface area contributed by atoms with Gasteiger partial charge in [-0.1, -0.05) is 6.07 Å². The zero-order chi connectivity index (χ0) is 16.1. The fourth-order valence-corrected chi connectivity index (χ4v) is 3.78. The van der Waals surface area contributed by atoms with Gasteiger partial charge in [-0.15, -0.1) is 0 Å². The van der Waals surface area contributed by atoms with Crippen LogP contribution in [0.15, 0.2) is 12.1 Å². The molecule has 2 aliphatic rings. The van der Waals surface area contributed by atoms with Crippen molar-refractivity contribution in [2.45, 2.75) is 58.3 Å². The van der Waals surface area contributed by atoms with Gasteiger partial charge in [-0.3, -0.25) is 4.79 Å². The van der Waals surface area contributed by atoms with E-state index in [1.54, 1.807) is 17.7 Å². The van der Waals surface area contributed by atoms with Crippen LogP contribution in [0.1, 0.15) is 70.0 Å². The summed E-state index contributed by atoms with van der Waals surface area (Å²) in [5.41, 5.74) is 5.16. The summed E-state index contributed by atoms with van der Waals surface area (Å²) in [6.07, 6.45) is 6.29. The van der Waals surface area contributed by atoms with Crippen LogP contribution in [0.4, 0.5) is 4.39 Å². The summed E-state index contributed by atoms with van der Waals surface area (Å²) in [5.74, 6) is -0.0635. The maximum absolute atomic E-state index is 14.1. The Bertz CT molecular complexity index is 802. The molecule has 1 aromatic heterocycles. The highest BCUT2D eigenvalue weighted by Gasteiger charge is 2.32. The quantitative estimate of drug-likeness (QED) is 0.837. The minimum atomic E-state index is -0.310. The number of aryl methyl sites for hydroxylation is 1. The van der Waals surface area contributed by atoms with Crippen LogP contribution >= 0.6 is 0 Å². The van der Waals surface area contributed by atoms with E-state index in [0.29, 0.717) is 17.0 Å². The monoisotopic (exact) mass is 312 g/mol. The molecule has 0 spiro atoms. The van der Waals surface area contributed by atoms with Crippen LogP contribution < -0.4 is 0 Å². The molecule has 0 atom stereocenters. The lowest BCUT2D eigenvalue weighted by molar-refractivity contribution is 0.0938. The number of nitrogens with zero attached hydrogens (tertiary/aromatic N) is 2. The first-order chi connectivity index (χ1) is 11.1. The molecule has 23 heavy (non-hydrogen) atoms. The lowest BCUT2D eigenvalue weighted by atomic mass is 9.95. The zero-order valence-corrected chi connectivity index (χ0v) is 13.7. The van der Waals surface area contributed by atoms with Gasteiger partial charge in [0.2, 0.25) is 0 Å². The highest BCUT2D eigenvalue weighted by Crippen LogP contribution is 2.43. The van der Waals surface area contributed by atoms with Crippen LogP contribution in [0.25, 0.3) is 0 Å². The van der Waals surface area contributed by atoms with E-state index in [1.165, 1.54) is 11.6 Å². The summed E-state index contributed by atoms with van der Waals surface area (Å²) in [6.45, 7) is 3.67. The number of benzene rings is 1. The average molecular weight is 312 g/mol. The highest BCUT2D eigenvalue weighted by molar-refractivity contribution is 5.99. The van der Waals surface area contributed by atoms with Crippen molar-refractivity contribution < 1.29 is 9.18 Å². The molecule has 1 aromatic carbocycles. The first-order valence-electron chi connectivity index (χ1n) is 8.49. The first-order valence-corrected chi connectivity index (χ1v) is 8.49. The molecule has 0 saturated heterocycles. The summed E-state index contributed by atoms with van der Waals surface area (Å²) >= 11 is 0. The van der Waals surface area contributed by atoms with Crippen LogP contribution in [-0.4, -0.2) is 15.7 Å². The number of halogens is 1. The predicted octanol–water partition coefficient (Wildman–Crippen LogP) is 4.08. The van der Waals surface area contributed by atoms with Gasteiger partial charge in [-0.05, 0) is 81.0 Å². The third-order valence-electron chi connectivity index (χ3n) is 5.24. The van der Waals surface area contributed by atoms with Crippen molar-refractivity contribution in [3.05, 3.63) is 51.6 Å². The Labute approximate surface area is 135 Å². The maximum atomic E-state index is 14.1. The van der Waals surface area contributed by atoms with Gasteiger partial charge in [0.15, 0.2) is 0 Å². The zero-order valence-electron chi connectivity index (χ0n) is 13.7. The van der Waals surface area contributed by atoms with Gasteiger partial charge in [0.25, 0.3) is 5.91 Å². The smallest absolute Gasteiger partial charge is 0.267 e. The van der Waals surface area contributed by atoms with Crippen molar-refractivity contribution in [2.24, 2.45) is 0 Å². The Hall–Kier alpha value is -1.97. The van der Waals surface area contributed by atoms with Gasteiger partial charge >= 0.3 is 0 Å². The van der Waals surface area contributed by atoms with Crippen LogP contribution in [0.2, 0.25) is 0 Å². The van der Waals surface area contributed by atoms with E-state index >= 15 is 0 Å². The Morgan fingerprint density at radius 2 is 1.96 bits per heavy atom. The van der Waals surface area contributed by atoms with Gasteiger partial charge in [-0.2, -0.15) is 5.10 Å². The van der Waals surface area contributed by atoms with Crippen molar-refractivity contribution in [2.75, 3.05) is 0 Å². The van der Waals surface area contributed by atoms with E-state index in [0.717, 1.165) is 55.5 Å². The normalized spacial score (nSPS) is 17.2. The lowest BCUT2D eigenvalue weighted by Gasteiger charge is -2.16. The lowest BCUT2D eigenvalue weighted by Crippen LogP contribution is -2.21. The fourth-order valence-electron chi connectivity index (χ4n) is 3.78. The molecule has 3 nitrogen and oxygen atoms in total. The van der Waals surface area contributed by atoms with E-state index in [9.17, 15) is 9.18 Å². The van der Waals surface area contributed by atoms with Crippen LogP contribution in [0.5, 0.6) is 0 Å². The summed E-state index contributed by atoms with van der Waals surface area (Å²) in [6, 6.07) is 3.28. The second kappa shape index (κ2) is 5.29. The molecule has 1 saturated carbocycles. The number of carbonyl (C=O) groups is 1. The van der Waals surface area contributed by atoms with Crippen LogP contribution in [0.3, 0.4) is 0 Å². The SMILES string of the molecule is Cc1nn(C(=O)c2c(C3CC3)ccc(F)c2C)c2c1CCCC2. The van der Waals surface area contributed by atoms with E-state index in [1.807, 2.05) is 6.92 Å². The minimum Gasteiger partial charge on any atom is -0.267 e. The van der Waals surface area contributed by atoms with E-state index in [-0.39, 0.29) is 11.7 Å². The molecule has 0 bridgehead atoms. The minimum absolute atomic E-state index is 0.157. The Kier molecular flexibility index (Phi) is 3.36. The Morgan fingerprint density at radius 1 is 1.22 bits per heavy atom. The second-order valence-electron chi connectivity index (χ2n) is 6.85. The molecule has 0 unspecified atom stereocenters. The number of hydrogen-bond donors (Lipinski definition) is 0. The molecule has 2 aromatic rings. The van der Waals surface area contributed by atoms with Crippen molar-refractivity contribution in [3.8, 4) is 0 Å². The van der Waals surface area contributed by atoms with Crippen molar-refractivity contribution in [1.29, 1.82) is 0 Å². The second-order valence-corrected chi connectivity index (χ2v) is 6.85. The topological polar surface area (TPSA) is 34.9 Å². The first kappa shape index (κ1) is 14.6. The Morgan fingerprint density at radius 3 is 2.70 bits per heavy atom. The molecule has 0 amide bonds. The summed E-state index contributed by atoms with van der Waals surface area (Å²) in [5, 5.41) is 4.50.